The van der Waals surface area contributed by atoms with Gasteiger partial charge in [-0.3, -0.25) is 9.69 Å². The van der Waals surface area contributed by atoms with Crippen molar-refractivity contribution < 1.29 is 28.6 Å². The Bertz CT molecular complexity index is 1310. The fourth-order valence-electron chi connectivity index (χ4n) is 3.95. The Balaban J connectivity index is 1.59. The van der Waals surface area contributed by atoms with Crippen molar-refractivity contribution in [1.82, 2.24) is 15.0 Å². The largest absolute Gasteiger partial charge is 0.476 e. The van der Waals surface area contributed by atoms with Gasteiger partial charge in [-0.25, -0.2) is 24.1 Å². The van der Waals surface area contributed by atoms with E-state index in [0.717, 1.165) is 0 Å². The number of halogens is 2. The number of amides is 1. The normalized spacial score (nSPS) is 18.3. The number of benzene rings is 1. The van der Waals surface area contributed by atoms with Crippen LogP contribution in [0.5, 0.6) is 5.88 Å². The zero-order valence-corrected chi connectivity index (χ0v) is 18.0. The van der Waals surface area contributed by atoms with Crippen LogP contribution in [-0.4, -0.2) is 57.8 Å². The summed E-state index contributed by atoms with van der Waals surface area (Å²) in [6.07, 6.45) is 0. The van der Waals surface area contributed by atoms with E-state index in [1.807, 2.05) is 0 Å². The first kappa shape index (κ1) is 21.3. The molecule has 2 aromatic heterocycles. The molecule has 2 atom stereocenters. The first-order valence-electron chi connectivity index (χ1n) is 10.0. The number of nitrogens with one attached hydrogen (secondary N) is 1. The monoisotopic (exact) mass is 473 g/mol. The zero-order chi connectivity index (χ0) is 23.3. The van der Waals surface area contributed by atoms with E-state index in [2.05, 4.69) is 20.3 Å². The second-order valence-electron chi connectivity index (χ2n) is 7.66. The summed E-state index contributed by atoms with van der Waals surface area (Å²) in [6, 6.07) is 4.51. The number of carbonyl (C=O) groups is 2. The van der Waals surface area contributed by atoms with Crippen LogP contribution in [-0.2, 0) is 9.53 Å². The Morgan fingerprint density at radius 2 is 2.12 bits per heavy atom. The summed E-state index contributed by atoms with van der Waals surface area (Å²) >= 11 is 5.83. The summed E-state index contributed by atoms with van der Waals surface area (Å²) in [6.45, 7) is 2.14. The maximum absolute atomic E-state index is 14.5. The summed E-state index contributed by atoms with van der Waals surface area (Å²) in [5.41, 5.74) is 0.930. The number of aromatic nitrogens is 3. The van der Waals surface area contributed by atoms with Gasteiger partial charge in [0.15, 0.2) is 11.5 Å². The fraction of sp³-hybridized carbons (Fsp3) is 0.286. The first-order valence-corrected chi connectivity index (χ1v) is 10.4. The summed E-state index contributed by atoms with van der Waals surface area (Å²) in [4.78, 5) is 38.5. The number of pyridine rings is 1. The molecule has 170 valence electrons. The summed E-state index contributed by atoms with van der Waals surface area (Å²) < 4.78 is 25.4. The van der Waals surface area contributed by atoms with Crippen molar-refractivity contribution in [3.05, 3.63) is 46.5 Å². The third-order valence-electron chi connectivity index (χ3n) is 5.43. The lowest BCUT2D eigenvalue weighted by molar-refractivity contribution is -0.128. The number of aromatic carboxylic acids is 1. The molecule has 33 heavy (non-hydrogen) atoms. The number of carbonyl (C=O) groups excluding carboxylic acids is 1. The van der Waals surface area contributed by atoms with E-state index >= 15 is 0 Å². The average molecular weight is 474 g/mol. The minimum Gasteiger partial charge on any atom is -0.476 e. The van der Waals surface area contributed by atoms with Crippen LogP contribution in [0.4, 0.5) is 15.9 Å². The molecule has 0 saturated carbocycles. The lowest BCUT2D eigenvalue weighted by Gasteiger charge is -2.38. The van der Waals surface area contributed by atoms with Gasteiger partial charge in [-0.15, -0.1) is 0 Å². The molecule has 0 bridgehead atoms. The van der Waals surface area contributed by atoms with Crippen LogP contribution in [0, 0.1) is 5.82 Å². The number of hydrogen-bond acceptors (Lipinski definition) is 8. The smallest absolute Gasteiger partial charge is 0.356 e. The van der Waals surface area contributed by atoms with Crippen LogP contribution in [0.2, 0.25) is 5.15 Å². The standard InChI is InChI=1S/C21H17ClFN5O5/c1-9(24-13-2-3-15(22)26-18(13)21(30)31)12-4-10(23)5-14-17(12)27-19-20(25-14)33-7-11-6-32-8-16(29)28(11)19/h2-5,9,11,24H,6-8H2,1H3,(H,30,31)/t9-,11+/m1/s1. The number of nitrogens with zero attached hydrogens (tertiary/aromatic N) is 4. The van der Waals surface area contributed by atoms with E-state index in [0.29, 0.717) is 17.7 Å². The van der Waals surface area contributed by atoms with Gasteiger partial charge in [0, 0.05) is 11.6 Å². The van der Waals surface area contributed by atoms with E-state index in [4.69, 9.17) is 21.1 Å². The number of rotatable bonds is 4. The minimum absolute atomic E-state index is 0.0315. The number of ether oxygens (including phenoxy) is 2. The minimum atomic E-state index is -1.26. The molecule has 0 aliphatic carbocycles. The molecular formula is C21H17ClFN5O5. The van der Waals surface area contributed by atoms with Crippen LogP contribution < -0.4 is 15.0 Å². The molecule has 2 N–H and O–H groups in total. The predicted molar refractivity (Wildman–Crippen MR) is 115 cm³/mol. The molecule has 12 heteroatoms. The van der Waals surface area contributed by atoms with Gasteiger partial charge in [-0.05, 0) is 25.1 Å². The molecule has 5 rings (SSSR count). The molecule has 2 aliphatic rings. The summed E-state index contributed by atoms with van der Waals surface area (Å²) in [5, 5.41) is 12.5. The highest BCUT2D eigenvalue weighted by molar-refractivity contribution is 6.29. The Kier molecular flexibility index (Phi) is 5.22. The van der Waals surface area contributed by atoms with Crippen LogP contribution in [0.25, 0.3) is 11.0 Å². The van der Waals surface area contributed by atoms with Gasteiger partial charge in [-0.1, -0.05) is 11.6 Å². The number of carboxylic acids is 1. The lowest BCUT2D eigenvalue weighted by atomic mass is 10.0. The third-order valence-corrected chi connectivity index (χ3v) is 5.64. The van der Waals surface area contributed by atoms with Crippen LogP contribution in [0.1, 0.15) is 29.0 Å². The molecule has 1 saturated heterocycles. The molecule has 0 spiro atoms. The topological polar surface area (TPSA) is 127 Å². The van der Waals surface area contributed by atoms with Gasteiger partial charge >= 0.3 is 5.97 Å². The third kappa shape index (κ3) is 3.79. The number of hydrogen-bond donors (Lipinski definition) is 2. The molecule has 0 unspecified atom stereocenters. The summed E-state index contributed by atoms with van der Waals surface area (Å²) in [7, 11) is 0. The van der Waals surface area contributed by atoms with Crippen molar-refractivity contribution in [2.24, 2.45) is 0 Å². The Hall–Kier alpha value is -3.57. The van der Waals surface area contributed by atoms with E-state index in [9.17, 15) is 19.1 Å². The maximum atomic E-state index is 14.5. The van der Waals surface area contributed by atoms with Crippen LogP contribution in [0.15, 0.2) is 24.3 Å². The second-order valence-corrected chi connectivity index (χ2v) is 8.05. The first-order chi connectivity index (χ1) is 15.8. The molecule has 2 aliphatic heterocycles. The second kappa shape index (κ2) is 8.09. The molecule has 4 heterocycles. The predicted octanol–water partition coefficient (Wildman–Crippen LogP) is 2.81. The van der Waals surface area contributed by atoms with Gasteiger partial charge in [0.2, 0.25) is 0 Å². The van der Waals surface area contributed by atoms with E-state index in [1.165, 1.54) is 29.2 Å². The molecule has 1 aromatic carbocycles. The van der Waals surface area contributed by atoms with Crippen molar-refractivity contribution >= 4 is 46.0 Å². The summed E-state index contributed by atoms with van der Waals surface area (Å²) in [5.74, 6) is -1.70. The van der Waals surface area contributed by atoms with Crippen molar-refractivity contribution in [2.45, 2.75) is 19.0 Å². The van der Waals surface area contributed by atoms with Crippen molar-refractivity contribution in [1.29, 1.82) is 0 Å². The highest BCUT2D eigenvalue weighted by Crippen LogP contribution is 2.36. The highest BCUT2D eigenvalue weighted by Gasteiger charge is 2.38. The van der Waals surface area contributed by atoms with E-state index < -0.39 is 17.8 Å². The van der Waals surface area contributed by atoms with E-state index in [-0.39, 0.29) is 58.9 Å². The number of fused-ring (bicyclic) bond motifs is 4. The Morgan fingerprint density at radius 1 is 1.30 bits per heavy atom. The fourth-order valence-corrected chi connectivity index (χ4v) is 4.10. The van der Waals surface area contributed by atoms with E-state index in [1.54, 1.807) is 6.92 Å². The van der Waals surface area contributed by atoms with Crippen molar-refractivity contribution in [3.8, 4) is 5.88 Å². The Labute approximate surface area is 191 Å². The van der Waals surface area contributed by atoms with Gasteiger partial charge < -0.3 is 19.9 Å². The molecule has 1 amide bonds. The molecule has 1 fully saturated rings. The van der Waals surface area contributed by atoms with Crippen LogP contribution >= 0.6 is 11.6 Å². The van der Waals surface area contributed by atoms with Crippen molar-refractivity contribution in [2.75, 3.05) is 30.0 Å². The molecular weight excluding hydrogens is 457 g/mol. The van der Waals surface area contributed by atoms with Crippen molar-refractivity contribution in [3.63, 3.8) is 0 Å². The number of anilines is 2. The van der Waals surface area contributed by atoms with Crippen LogP contribution in [0.3, 0.4) is 0 Å². The Morgan fingerprint density at radius 3 is 2.91 bits per heavy atom. The highest BCUT2D eigenvalue weighted by atomic mass is 35.5. The quantitative estimate of drug-likeness (QED) is 0.550. The molecule has 0 radical (unpaired) electrons. The number of carboxylic acid groups (broad SMARTS) is 1. The molecule has 10 nitrogen and oxygen atoms in total. The SMILES string of the molecule is C[C@@H](Nc1ccc(Cl)nc1C(=O)O)c1cc(F)cc2nc3c(nc12)N1C(=O)COC[C@H]1CO3. The van der Waals surface area contributed by atoms with Gasteiger partial charge in [0.05, 0.1) is 35.4 Å². The number of morpholine rings is 1. The van der Waals surface area contributed by atoms with Gasteiger partial charge in [0.1, 0.15) is 24.2 Å². The zero-order valence-electron chi connectivity index (χ0n) is 17.2. The average Bonchev–Trinajstić information content (AvgIpc) is 2.78. The van der Waals surface area contributed by atoms with Gasteiger partial charge in [-0.2, -0.15) is 0 Å². The maximum Gasteiger partial charge on any atom is 0.356 e. The van der Waals surface area contributed by atoms with Gasteiger partial charge in [0.25, 0.3) is 11.8 Å². The lowest BCUT2D eigenvalue weighted by Crippen LogP contribution is -2.54. The molecule has 3 aromatic rings.